The molecular formula is C30H50O. The number of hydrogen-bond acceptors (Lipinski definition) is 1. The summed E-state index contributed by atoms with van der Waals surface area (Å²) >= 11 is 0. The zero-order valence-corrected chi connectivity index (χ0v) is 21.6. The van der Waals surface area contributed by atoms with Crippen molar-refractivity contribution in [1.29, 1.82) is 0 Å². The SMILES string of the molecule is CCC(C)(C=CC(C)C1CCC2C3CC=C4CC(O)CCC4(C)C3CCC12C)C(C)C. The molecule has 0 heterocycles. The van der Waals surface area contributed by atoms with Crippen molar-refractivity contribution in [1.82, 2.24) is 0 Å². The van der Waals surface area contributed by atoms with Crippen LogP contribution in [0.2, 0.25) is 0 Å². The van der Waals surface area contributed by atoms with E-state index >= 15 is 0 Å². The highest BCUT2D eigenvalue weighted by atomic mass is 16.3. The zero-order valence-electron chi connectivity index (χ0n) is 21.6. The third kappa shape index (κ3) is 3.79. The molecule has 176 valence electrons. The van der Waals surface area contributed by atoms with Crippen LogP contribution in [0.15, 0.2) is 23.8 Å². The molecule has 0 aliphatic heterocycles. The predicted octanol–water partition coefficient (Wildman–Crippen LogP) is 8.19. The predicted molar refractivity (Wildman–Crippen MR) is 133 cm³/mol. The number of fused-ring (bicyclic) bond motifs is 5. The molecule has 31 heavy (non-hydrogen) atoms. The number of aliphatic hydroxyl groups excluding tert-OH is 1. The molecule has 0 radical (unpaired) electrons. The second kappa shape index (κ2) is 8.34. The molecule has 0 aromatic heterocycles. The molecular weight excluding hydrogens is 376 g/mol. The fourth-order valence-corrected chi connectivity index (χ4v) is 8.77. The van der Waals surface area contributed by atoms with Gasteiger partial charge in [0.1, 0.15) is 0 Å². The topological polar surface area (TPSA) is 20.2 Å². The Morgan fingerprint density at radius 1 is 1.10 bits per heavy atom. The van der Waals surface area contributed by atoms with E-state index in [1.54, 1.807) is 5.57 Å². The smallest absolute Gasteiger partial charge is 0.0577 e. The van der Waals surface area contributed by atoms with E-state index < -0.39 is 0 Å². The van der Waals surface area contributed by atoms with Crippen LogP contribution in [0, 0.1) is 51.8 Å². The van der Waals surface area contributed by atoms with Crippen LogP contribution >= 0.6 is 0 Å². The molecule has 9 unspecified atom stereocenters. The van der Waals surface area contributed by atoms with E-state index in [9.17, 15) is 5.11 Å². The van der Waals surface area contributed by atoms with Crippen LogP contribution in [0.4, 0.5) is 0 Å². The summed E-state index contributed by atoms with van der Waals surface area (Å²) < 4.78 is 0. The van der Waals surface area contributed by atoms with Crippen LogP contribution in [0.1, 0.15) is 106 Å². The van der Waals surface area contributed by atoms with Crippen LogP contribution in [-0.2, 0) is 0 Å². The third-order valence-corrected chi connectivity index (χ3v) is 11.6. The normalized spacial score (nSPS) is 45.6. The molecule has 0 spiro atoms. The molecule has 9 atom stereocenters. The molecule has 3 saturated carbocycles. The highest BCUT2D eigenvalue weighted by molar-refractivity contribution is 5.25. The number of hydrogen-bond donors (Lipinski definition) is 1. The molecule has 1 nitrogen and oxygen atoms in total. The van der Waals surface area contributed by atoms with E-state index in [0.29, 0.717) is 28.1 Å². The standard InChI is InChI=1S/C30H50O/c1-8-28(5,20(2)3)16-13-21(4)25-11-12-26-24-10-9-22-19-23(31)14-17-29(22,6)27(24)15-18-30(25,26)7/h9,13,16,20-21,23-27,31H,8,10-12,14-15,17-19H2,1-7H3. The van der Waals surface area contributed by atoms with E-state index in [1.165, 1.54) is 44.9 Å². The van der Waals surface area contributed by atoms with Gasteiger partial charge in [-0.25, -0.2) is 0 Å². The molecule has 3 fully saturated rings. The largest absolute Gasteiger partial charge is 0.393 e. The molecule has 0 bridgehead atoms. The van der Waals surface area contributed by atoms with Crippen molar-refractivity contribution in [3.8, 4) is 0 Å². The summed E-state index contributed by atoms with van der Waals surface area (Å²) in [5.41, 5.74) is 2.82. The second-order valence-electron chi connectivity index (χ2n) is 13.1. The lowest BCUT2D eigenvalue weighted by atomic mass is 9.47. The van der Waals surface area contributed by atoms with E-state index in [2.05, 4.69) is 66.7 Å². The zero-order chi connectivity index (χ0) is 22.6. The first-order chi connectivity index (χ1) is 14.5. The summed E-state index contributed by atoms with van der Waals surface area (Å²) in [6.07, 6.45) is 19.0. The molecule has 4 aliphatic carbocycles. The number of rotatable bonds is 5. The average molecular weight is 427 g/mol. The summed E-state index contributed by atoms with van der Waals surface area (Å²) in [5.74, 6) is 4.85. The van der Waals surface area contributed by atoms with Crippen LogP contribution in [0.25, 0.3) is 0 Å². The van der Waals surface area contributed by atoms with Gasteiger partial charge in [0.25, 0.3) is 0 Å². The summed E-state index contributed by atoms with van der Waals surface area (Å²) in [6.45, 7) is 17.3. The lowest BCUT2D eigenvalue weighted by Crippen LogP contribution is -2.50. The third-order valence-electron chi connectivity index (χ3n) is 11.6. The molecule has 0 amide bonds. The maximum atomic E-state index is 10.3. The molecule has 4 rings (SSSR count). The van der Waals surface area contributed by atoms with Gasteiger partial charge in [-0.1, -0.05) is 72.3 Å². The lowest BCUT2D eigenvalue weighted by Gasteiger charge is -2.58. The Morgan fingerprint density at radius 2 is 1.84 bits per heavy atom. The molecule has 4 aliphatic rings. The van der Waals surface area contributed by atoms with E-state index in [1.807, 2.05) is 0 Å². The van der Waals surface area contributed by atoms with Gasteiger partial charge >= 0.3 is 0 Å². The molecule has 1 heteroatoms. The van der Waals surface area contributed by atoms with Crippen LogP contribution < -0.4 is 0 Å². The summed E-state index contributed by atoms with van der Waals surface area (Å²) in [5, 5.41) is 10.3. The van der Waals surface area contributed by atoms with E-state index in [-0.39, 0.29) is 6.10 Å². The van der Waals surface area contributed by atoms with Gasteiger partial charge in [0.2, 0.25) is 0 Å². The number of allylic oxidation sites excluding steroid dienone is 3. The van der Waals surface area contributed by atoms with Crippen molar-refractivity contribution in [3.63, 3.8) is 0 Å². The average Bonchev–Trinajstić information content (AvgIpc) is 3.09. The quantitative estimate of drug-likeness (QED) is 0.439. The summed E-state index contributed by atoms with van der Waals surface area (Å²) in [4.78, 5) is 0. The molecule has 1 N–H and O–H groups in total. The van der Waals surface area contributed by atoms with Gasteiger partial charge in [-0.2, -0.15) is 0 Å². The van der Waals surface area contributed by atoms with Crippen molar-refractivity contribution in [3.05, 3.63) is 23.8 Å². The Balaban J connectivity index is 1.53. The van der Waals surface area contributed by atoms with Crippen molar-refractivity contribution >= 4 is 0 Å². The fourth-order valence-electron chi connectivity index (χ4n) is 8.77. The highest BCUT2D eigenvalue weighted by Crippen LogP contribution is 2.67. The lowest BCUT2D eigenvalue weighted by molar-refractivity contribution is -0.0541. The maximum Gasteiger partial charge on any atom is 0.0577 e. The first kappa shape index (κ1) is 23.6. The Kier molecular flexibility index (Phi) is 6.35. The fraction of sp³-hybridized carbons (Fsp3) is 0.867. The van der Waals surface area contributed by atoms with Gasteiger partial charge in [-0.3, -0.25) is 0 Å². The van der Waals surface area contributed by atoms with Crippen LogP contribution in [0.5, 0.6) is 0 Å². The number of aliphatic hydroxyl groups is 1. The summed E-state index contributed by atoms with van der Waals surface area (Å²) in [7, 11) is 0. The Morgan fingerprint density at radius 3 is 2.52 bits per heavy atom. The van der Waals surface area contributed by atoms with E-state index in [0.717, 1.165) is 36.5 Å². The minimum absolute atomic E-state index is 0.0899. The van der Waals surface area contributed by atoms with Gasteiger partial charge in [0.15, 0.2) is 0 Å². The van der Waals surface area contributed by atoms with E-state index in [4.69, 9.17) is 0 Å². The van der Waals surface area contributed by atoms with Gasteiger partial charge in [-0.05, 0) is 110 Å². The minimum Gasteiger partial charge on any atom is -0.393 e. The van der Waals surface area contributed by atoms with Crippen LogP contribution in [0.3, 0.4) is 0 Å². The summed E-state index contributed by atoms with van der Waals surface area (Å²) in [6, 6.07) is 0. The Bertz CT molecular complexity index is 718. The van der Waals surface area contributed by atoms with Crippen molar-refractivity contribution in [2.24, 2.45) is 51.8 Å². The van der Waals surface area contributed by atoms with Crippen molar-refractivity contribution < 1.29 is 5.11 Å². The molecule has 0 saturated heterocycles. The first-order valence-corrected chi connectivity index (χ1v) is 13.6. The van der Waals surface area contributed by atoms with Crippen molar-refractivity contribution in [2.45, 2.75) is 112 Å². The van der Waals surface area contributed by atoms with Gasteiger partial charge < -0.3 is 5.11 Å². The Labute approximate surface area is 193 Å². The monoisotopic (exact) mass is 426 g/mol. The Hall–Kier alpha value is -0.560. The highest BCUT2D eigenvalue weighted by Gasteiger charge is 2.59. The first-order valence-electron chi connectivity index (χ1n) is 13.6. The molecule has 0 aromatic rings. The van der Waals surface area contributed by atoms with Crippen LogP contribution in [-0.4, -0.2) is 11.2 Å². The van der Waals surface area contributed by atoms with Gasteiger partial charge in [0, 0.05) is 0 Å². The molecule has 0 aromatic carbocycles. The second-order valence-corrected chi connectivity index (χ2v) is 13.1. The van der Waals surface area contributed by atoms with Gasteiger partial charge in [-0.15, -0.1) is 0 Å². The maximum absolute atomic E-state index is 10.3. The minimum atomic E-state index is -0.0899. The van der Waals surface area contributed by atoms with Gasteiger partial charge in [0.05, 0.1) is 6.10 Å². The van der Waals surface area contributed by atoms with Crippen molar-refractivity contribution in [2.75, 3.05) is 0 Å².